The molecule has 0 radical (unpaired) electrons. The molecule has 2 aromatic rings. The van der Waals surface area contributed by atoms with E-state index in [2.05, 4.69) is 0 Å². The number of fused-ring (bicyclic) bond motifs is 1. The number of halogens is 2. The minimum absolute atomic E-state index is 0.277. The van der Waals surface area contributed by atoms with E-state index >= 15 is 0 Å². The average molecular weight is 258 g/mol. The number of amidine groups is 1. The molecule has 0 unspecified atom stereocenters. The monoisotopic (exact) mass is 258 g/mol. The van der Waals surface area contributed by atoms with E-state index in [9.17, 15) is 8.78 Å². The van der Waals surface area contributed by atoms with E-state index in [1.807, 2.05) is 24.3 Å². The van der Waals surface area contributed by atoms with Crippen LogP contribution in [-0.4, -0.2) is 10.7 Å². The Bertz CT molecular complexity index is 652. The smallest absolute Gasteiger partial charge is 0.131 e. The van der Waals surface area contributed by atoms with Crippen molar-refractivity contribution in [2.24, 2.45) is 0 Å². The van der Waals surface area contributed by atoms with Crippen molar-refractivity contribution in [3.63, 3.8) is 0 Å². The van der Waals surface area contributed by atoms with E-state index in [1.165, 1.54) is 12.1 Å². The van der Waals surface area contributed by atoms with Crippen molar-refractivity contribution in [2.45, 2.75) is 13.1 Å². The molecule has 0 saturated carbocycles. The largest absolute Gasteiger partial charge is 0.348 e. The van der Waals surface area contributed by atoms with Gasteiger partial charge in [-0.3, -0.25) is 5.41 Å². The summed E-state index contributed by atoms with van der Waals surface area (Å²) in [6.07, 6.45) is 0. The molecule has 4 heteroatoms. The lowest BCUT2D eigenvalue weighted by Crippen LogP contribution is -2.23. The molecule has 0 spiro atoms. The normalized spacial score (nSPS) is 13.8. The van der Waals surface area contributed by atoms with E-state index in [0.29, 0.717) is 17.9 Å². The third-order valence-electron chi connectivity index (χ3n) is 3.33. The Labute approximate surface area is 109 Å². The topological polar surface area (TPSA) is 27.1 Å². The molecule has 1 heterocycles. The Hall–Kier alpha value is -2.23. The summed E-state index contributed by atoms with van der Waals surface area (Å²) < 4.78 is 26.5. The fourth-order valence-corrected chi connectivity index (χ4v) is 2.33. The summed E-state index contributed by atoms with van der Waals surface area (Å²) in [5, 5.41) is 8.08. The molecule has 0 saturated heterocycles. The van der Waals surface area contributed by atoms with Crippen LogP contribution in [0, 0.1) is 17.0 Å². The van der Waals surface area contributed by atoms with Gasteiger partial charge in [0.15, 0.2) is 0 Å². The van der Waals surface area contributed by atoms with Gasteiger partial charge in [-0.15, -0.1) is 0 Å². The first-order chi connectivity index (χ1) is 9.15. The van der Waals surface area contributed by atoms with Crippen molar-refractivity contribution in [3.8, 4) is 0 Å². The predicted octanol–water partition coefficient (Wildman–Crippen LogP) is 3.31. The van der Waals surface area contributed by atoms with Gasteiger partial charge in [-0.1, -0.05) is 30.3 Å². The summed E-state index contributed by atoms with van der Waals surface area (Å²) in [6, 6.07) is 11.2. The lowest BCUT2D eigenvalue weighted by molar-refractivity contribution is 0.410. The highest BCUT2D eigenvalue weighted by Gasteiger charge is 2.24. The van der Waals surface area contributed by atoms with Crippen molar-refractivity contribution < 1.29 is 8.78 Å². The van der Waals surface area contributed by atoms with Crippen molar-refractivity contribution in [1.29, 1.82) is 5.41 Å². The maximum absolute atomic E-state index is 13.6. The molecule has 0 aliphatic carbocycles. The summed E-state index contributed by atoms with van der Waals surface area (Å²) >= 11 is 0. The van der Waals surface area contributed by atoms with Crippen molar-refractivity contribution in [1.82, 2.24) is 4.90 Å². The van der Waals surface area contributed by atoms with Crippen molar-refractivity contribution in [2.75, 3.05) is 0 Å². The third kappa shape index (κ3) is 2.10. The van der Waals surface area contributed by atoms with E-state index in [1.54, 1.807) is 4.90 Å². The van der Waals surface area contributed by atoms with Crippen LogP contribution in [0.25, 0.3) is 0 Å². The first-order valence-corrected chi connectivity index (χ1v) is 6.01. The minimum atomic E-state index is -0.582. The first-order valence-electron chi connectivity index (χ1n) is 6.01. The van der Waals surface area contributed by atoms with E-state index < -0.39 is 11.6 Å². The number of nitrogens with zero attached hydrogens (tertiary/aromatic N) is 1. The molecule has 1 N–H and O–H groups in total. The van der Waals surface area contributed by atoms with Crippen LogP contribution in [0.4, 0.5) is 8.78 Å². The molecular weight excluding hydrogens is 246 g/mol. The molecule has 1 aliphatic heterocycles. The Balaban J connectivity index is 1.85. The Morgan fingerprint density at radius 1 is 1.11 bits per heavy atom. The van der Waals surface area contributed by atoms with Crippen LogP contribution in [0.1, 0.15) is 16.7 Å². The molecule has 0 aromatic heterocycles. The predicted molar refractivity (Wildman–Crippen MR) is 68.9 cm³/mol. The zero-order chi connectivity index (χ0) is 13.4. The van der Waals surface area contributed by atoms with Gasteiger partial charge in [-0.2, -0.15) is 0 Å². The number of hydrogen-bond acceptors (Lipinski definition) is 1. The molecule has 3 rings (SSSR count). The maximum atomic E-state index is 13.6. The molecule has 0 bridgehead atoms. The van der Waals surface area contributed by atoms with Crippen LogP contribution in [0.5, 0.6) is 0 Å². The van der Waals surface area contributed by atoms with Gasteiger partial charge in [0.2, 0.25) is 0 Å². The molecule has 2 nitrogen and oxygen atoms in total. The lowest BCUT2D eigenvalue weighted by Gasteiger charge is -2.18. The van der Waals surface area contributed by atoms with E-state index in [4.69, 9.17) is 5.41 Å². The van der Waals surface area contributed by atoms with Crippen LogP contribution in [0.15, 0.2) is 42.5 Å². The molecule has 0 atom stereocenters. The van der Waals surface area contributed by atoms with Crippen LogP contribution >= 0.6 is 0 Å². The van der Waals surface area contributed by atoms with Crippen LogP contribution in [0.2, 0.25) is 0 Å². The molecular formula is C15H12F2N2. The molecule has 1 aliphatic rings. The van der Waals surface area contributed by atoms with Gasteiger partial charge in [-0.25, -0.2) is 8.78 Å². The zero-order valence-corrected chi connectivity index (χ0v) is 10.2. The van der Waals surface area contributed by atoms with Crippen LogP contribution < -0.4 is 0 Å². The summed E-state index contributed by atoms with van der Waals surface area (Å²) in [7, 11) is 0. The summed E-state index contributed by atoms with van der Waals surface area (Å²) in [6.45, 7) is 0.867. The standard InChI is InChI=1S/C15H12F2N2/c16-12-6-5-11(14(17)7-12)9-19-8-10-3-1-2-4-13(10)15(19)18/h1-7,18H,8-9H2. The number of rotatable bonds is 2. The molecule has 96 valence electrons. The molecule has 2 aromatic carbocycles. The molecule has 19 heavy (non-hydrogen) atoms. The Kier molecular flexibility index (Phi) is 2.78. The number of benzene rings is 2. The van der Waals surface area contributed by atoms with E-state index in [-0.39, 0.29) is 6.54 Å². The fraction of sp³-hybridized carbons (Fsp3) is 0.133. The van der Waals surface area contributed by atoms with Crippen LogP contribution in [0.3, 0.4) is 0 Å². The molecule has 0 amide bonds. The van der Waals surface area contributed by atoms with E-state index in [0.717, 1.165) is 17.2 Å². The second-order valence-corrected chi connectivity index (χ2v) is 4.60. The van der Waals surface area contributed by atoms with Gasteiger partial charge in [0.1, 0.15) is 17.5 Å². The Morgan fingerprint density at radius 2 is 1.89 bits per heavy atom. The van der Waals surface area contributed by atoms with Crippen molar-refractivity contribution in [3.05, 3.63) is 70.8 Å². The van der Waals surface area contributed by atoms with Gasteiger partial charge in [-0.05, 0) is 11.6 Å². The van der Waals surface area contributed by atoms with Gasteiger partial charge in [0.05, 0.1) is 0 Å². The maximum Gasteiger partial charge on any atom is 0.131 e. The zero-order valence-electron chi connectivity index (χ0n) is 10.2. The summed E-state index contributed by atoms with van der Waals surface area (Å²) in [4.78, 5) is 1.78. The third-order valence-corrected chi connectivity index (χ3v) is 3.33. The van der Waals surface area contributed by atoms with Gasteiger partial charge >= 0.3 is 0 Å². The second kappa shape index (κ2) is 4.46. The lowest BCUT2D eigenvalue weighted by atomic mass is 10.1. The average Bonchev–Trinajstić information content (AvgIpc) is 2.70. The quantitative estimate of drug-likeness (QED) is 0.879. The number of nitrogens with one attached hydrogen (secondary N) is 1. The van der Waals surface area contributed by atoms with Gasteiger partial charge < -0.3 is 4.90 Å². The van der Waals surface area contributed by atoms with Gasteiger partial charge in [0, 0.05) is 30.3 Å². The minimum Gasteiger partial charge on any atom is -0.348 e. The summed E-state index contributed by atoms with van der Waals surface area (Å²) in [5.74, 6) is -0.760. The highest BCUT2D eigenvalue weighted by Crippen LogP contribution is 2.24. The molecule has 0 fully saturated rings. The summed E-state index contributed by atoms with van der Waals surface area (Å²) in [5.41, 5.74) is 2.35. The van der Waals surface area contributed by atoms with Gasteiger partial charge in [0.25, 0.3) is 0 Å². The fourth-order valence-electron chi connectivity index (χ4n) is 2.33. The SMILES string of the molecule is N=C1c2ccccc2CN1Cc1ccc(F)cc1F. The highest BCUT2D eigenvalue weighted by atomic mass is 19.1. The second-order valence-electron chi connectivity index (χ2n) is 4.60. The Morgan fingerprint density at radius 3 is 2.63 bits per heavy atom. The highest BCUT2D eigenvalue weighted by molar-refractivity contribution is 6.00. The first kappa shape index (κ1) is 11.8. The number of hydrogen-bond donors (Lipinski definition) is 1. The van der Waals surface area contributed by atoms with Crippen LogP contribution in [-0.2, 0) is 13.1 Å². The van der Waals surface area contributed by atoms with Crippen molar-refractivity contribution >= 4 is 5.84 Å².